The van der Waals surface area contributed by atoms with Gasteiger partial charge in [-0.25, -0.2) is 8.42 Å². The van der Waals surface area contributed by atoms with E-state index >= 15 is 0 Å². The van der Waals surface area contributed by atoms with Crippen LogP contribution in [0.4, 0.5) is 0 Å². The number of aromatic hydroxyl groups is 1. The summed E-state index contributed by atoms with van der Waals surface area (Å²) in [5.41, 5.74) is 1.00. The van der Waals surface area contributed by atoms with Gasteiger partial charge in [0.05, 0.1) is 9.79 Å². The van der Waals surface area contributed by atoms with Gasteiger partial charge in [-0.1, -0.05) is 17.7 Å². The molecule has 4 aromatic carbocycles. The summed E-state index contributed by atoms with van der Waals surface area (Å²) in [5, 5.41) is 9.32. The van der Waals surface area contributed by atoms with Gasteiger partial charge < -0.3 is 14.6 Å². The highest BCUT2D eigenvalue weighted by atomic mass is 32.2. The van der Waals surface area contributed by atoms with Crippen LogP contribution in [0.25, 0.3) is 0 Å². The molecular formula is C25H20O5S. The van der Waals surface area contributed by atoms with Crippen LogP contribution in [0.5, 0.6) is 28.7 Å². The Hall–Kier alpha value is -3.77. The highest BCUT2D eigenvalue weighted by molar-refractivity contribution is 7.91. The number of ether oxygens (including phenoxy) is 2. The van der Waals surface area contributed by atoms with E-state index in [0.717, 1.165) is 5.56 Å². The van der Waals surface area contributed by atoms with Crippen molar-refractivity contribution in [1.82, 2.24) is 0 Å². The van der Waals surface area contributed by atoms with Gasteiger partial charge in [0.1, 0.15) is 28.7 Å². The van der Waals surface area contributed by atoms with E-state index in [9.17, 15) is 13.5 Å². The lowest BCUT2D eigenvalue weighted by Crippen LogP contribution is -2.01. The Morgan fingerprint density at radius 1 is 0.548 bits per heavy atom. The fourth-order valence-electron chi connectivity index (χ4n) is 2.90. The highest BCUT2D eigenvalue weighted by Crippen LogP contribution is 2.29. The Balaban J connectivity index is 1.44. The van der Waals surface area contributed by atoms with E-state index in [1.54, 1.807) is 84.9 Å². The van der Waals surface area contributed by atoms with Crippen molar-refractivity contribution in [2.75, 3.05) is 0 Å². The van der Waals surface area contributed by atoms with Crippen molar-refractivity contribution in [1.29, 1.82) is 0 Å². The van der Waals surface area contributed by atoms with Crippen LogP contribution < -0.4 is 9.47 Å². The maximum Gasteiger partial charge on any atom is 0.206 e. The molecule has 0 saturated carbocycles. The summed E-state index contributed by atoms with van der Waals surface area (Å²) in [5.74, 6) is 2.52. The van der Waals surface area contributed by atoms with Crippen LogP contribution in [0.1, 0.15) is 5.56 Å². The number of phenolic OH excluding ortho intramolecular Hbond substituents is 1. The molecule has 0 amide bonds. The van der Waals surface area contributed by atoms with Crippen molar-refractivity contribution in [3.63, 3.8) is 0 Å². The highest BCUT2D eigenvalue weighted by Gasteiger charge is 2.17. The van der Waals surface area contributed by atoms with Crippen LogP contribution >= 0.6 is 0 Å². The van der Waals surface area contributed by atoms with Gasteiger partial charge in [0, 0.05) is 0 Å². The molecule has 0 saturated heterocycles. The van der Waals surface area contributed by atoms with E-state index < -0.39 is 9.84 Å². The van der Waals surface area contributed by atoms with Crippen molar-refractivity contribution in [3.05, 3.63) is 103 Å². The van der Waals surface area contributed by atoms with Crippen molar-refractivity contribution in [2.24, 2.45) is 0 Å². The van der Waals surface area contributed by atoms with Gasteiger partial charge in [-0.15, -0.1) is 0 Å². The number of hydrogen-bond acceptors (Lipinski definition) is 5. The van der Waals surface area contributed by atoms with E-state index in [1.165, 1.54) is 12.1 Å². The van der Waals surface area contributed by atoms with Crippen LogP contribution in [0.3, 0.4) is 0 Å². The number of hydrogen-bond donors (Lipinski definition) is 1. The lowest BCUT2D eigenvalue weighted by molar-refractivity contribution is 0.461. The molecule has 0 aliphatic rings. The average molecular weight is 432 g/mol. The molecule has 0 aliphatic heterocycles. The monoisotopic (exact) mass is 432 g/mol. The fourth-order valence-corrected chi connectivity index (χ4v) is 4.16. The van der Waals surface area contributed by atoms with Gasteiger partial charge in [-0.3, -0.25) is 0 Å². The molecule has 0 aliphatic carbocycles. The summed E-state index contributed by atoms with van der Waals surface area (Å²) in [6.45, 7) is 1.91. The lowest BCUT2D eigenvalue weighted by atomic mass is 10.2. The van der Waals surface area contributed by atoms with Crippen LogP contribution in [0.15, 0.2) is 107 Å². The first-order valence-corrected chi connectivity index (χ1v) is 11.1. The predicted molar refractivity (Wildman–Crippen MR) is 118 cm³/mol. The molecular weight excluding hydrogens is 412 g/mol. The minimum atomic E-state index is -3.57. The van der Waals surface area contributed by atoms with Crippen LogP contribution in [-0.2, 0) is 9.84 Å². The zero-order valence-corrected chi connectivity index (χ0v) is 17.5. The largest absolute Gasteiger partial charge is 0.508 e. The Morgan fingerprint density at radius 2 is 0.871 bits per heavy atom. The molecule has 0 aromatic heterocycles. The van der Waals surface area contributed by atoms with Crippen molar-refractivity contribution < 1.29 is 23.0 Å². The predicted octanol–water partition coefficient (Wildman–Crippen LogP) is 6.12. The van der Waals surface area contributed by atoms with E-state index in [1.807, 2.05) is 6.92 Å². The lowest BCUT2D eigenvalue weighted by Gasteiger charge is -2.09. The molecule has 4 rings (SSSR count). The van der Waals surface area contributed by atoms with E-state index in [4.69, 9.17) is 9.47 Å². The SMILES string of the molecule is Cc1ccc(S(=O)(=O)c2ccc(Oc3ccc(Oc4ccc(O)cc4)cc3)cc2)cc1. The molecule has 0 fully saturated rings. The molecule has 5 nitrogen and oxygen atoms in total. The van der Waals surface area contributed by atoms with Gasteiger partial charge in [0.2, 0.25) is 9.84 Å². The van der Waals surface area contributed by atoms with Crippen molar-refractivity contribution >= 4 is 9.84 Å². The molecule has 1 N–H and O–H groups in total. The summed E-state index contributed by atoms with van der Waals surface area (Å²) in [4.78, 5) is 0.470. The number of aryl methyl sites for hydroxylation is 1. The third-order valence-electron chi connectivity index (χ3n) is 4.60. The van der Waals surface area contributed by atoms with E-state index in [0.29, 0.717) is 23.0 Å². The van der Waals surface area contributed by atoms with Gasteiger partial charge in [-0.2, -0.15) is 0 Å². The minimum absolute atomic E-state index is 0.175. The third kappa shape index (κ3) is 4.87. The smallest absolute Gasteiger partial charge is 0.206 e. The summed E-state index contributed by atoms with van der Waals surface area (Å²) in [7, 11) is -3.57. The second-order valence-electron chi connectivity index (χ2n) is 6.96. The maximum atomic E-state index is 12.8. The number of sulfone groups is 1. The molecule has 0 spiro atoms. The topological polar surface area (TPSA) is 72.8 Å². The van der Waals surface area contributed by atoms with Crippen molar-refractivity contribution in [2.45, 2.75) is 16.7 Å². The standard InChI is InChI=1S/C25H20O5S/c1-18-2-14-24(15-3-18)31(27,28)25-16-12-23(13-17-25)30-22-10-8-21(9-11-22)29-20-6-4-19(26)5-7-20/h2-17,26H,1H3. The Labute approximate surface area is 181 Å². The quantitative estimate of drug-likeness (QED) is 0.397. The van der Waals surface area contributed by atoms with E-state index in [2.05, 4.69) is 0 Å². The summed E-state index contributed by atoms with van der Waals surface area (Å²) in [6.07, 6.45) is 0. The first-order chi connectivity index (χ1) is 14.9. The third-order valence-corrected chi connectivity index (χ3v) is 6.38. The Morgan fingerprint density at radius 3 is 1.29 bits per heavy atom. The van der Waals surface area contributed by atoms with Crippen LogP contribution in [0.2, 0.25) is 0 Å². The fraction of sp³-hybridized carbons (Fsp3) is 0.0400. The molecule has 4 aromatic rings. The van der Waals surface area contributed by atoms with Gasteiger partial charge in [-0.05, 0) is 91.9 Å². The number of benzene rings is 4. The maximum absolute atomic E-state index is 12.8. The van der Waals surface area contributed by atoms with Gasteiger partial charge in [0.25, 0.3) is 0 Å². The normalized spacial score (nSPS) is 11.1. The second-order valence-corrected chi connectivity index (χ2v) is 8.91. The molecule has 6 heteroatoms. The Kier molecular flexibility index (Phi) is 5.64. The minimum Gasteiger partial charge on any atom is -0.508 e. The molecule has 0 atom stereocenters. The van der Waals surface area contributed by atoms with Gasteiger partial charge in [0.15, 0.2) is 0 Å². The second kappa shape index (κ2) is 8.53. The first-order valence-electron chi connectivity index (χ1n) is 9.57. The van der Waals surface area contributed by atoms with Crippen LogP contribution in [-0.4, -0.2) is 13.5 Å². The summed E-state index contributed by atoms with van der Waals surface area (Å²) in [6, 6.07) is 26.6. The molecule has 0 bridgehead atoms. The summed E-state index contributed by atoms with van der Waals surface area (Å²) >= 11 is 0. The number of phenols is 1. The molecule has 31 heavy (non-hydrogen) atoms. The first kappa shape index (κ1) is 20.5. The summed E-state index contributed by atoms with van der Waals surface area (Å²) < 4.78 is 37.0. The molecule has 156 valence electrons. The Bertz CT molecular complexity index is 1260. The van der Waals surface area contributed by atoms with Gasteiger partial charge >= 0.3 is 0 Å². The van der Waals surface area contributed by atoms with Crippen LogP contribution in [0, 0.1) is 6.92 Å². The van der Waals surface area contributed by atoms with E-state index in [-0.39, 0.29) is 15.5 Å². The number of rotatable bonds is 6. The molecule has 0 heterocycles. The average Bonchev–Trinajstić information content (AvgIpc) is 2.77. The van der Waals surface area contributed by atoms with Crippen molar-refractivity contribution in [3.8, 4) is 28.7 Å². The molecule has 0 unspecified atom stereocenters. The zero-order chi connectivity index (χ0) is 21.8. The molecule has 0 radical (unpaired) electrons. The zero-order valence-electron chi connectivity index (χ0n) is 16.7.